The molecule has 1 N–H and O–H groups in total. The standard InChI is InChI=1S/C26H25BrN2O6/c1-3-14-33-21-9-5-19(6-10-21)26(31)35-23-13-4-18(15-24(23)32-2)16-28-29-25(30)17-34-22-11-7-20(27)8-12-22/h4-13,15-16H,3,14,17H2,1-2H3,(H,29,30)/b28-16+. The number of hydrogen-bond donors (Lipinski definition) is 1. The Bertz CT molecular complexity index is 1160. The molecule has 0 aliphatic rings. The third-order valence-electron chi connectivity index (χ3n) is 4.54. The van der Waals surface area contributed by atoms with E-state index in [1.165, 1.54) is 13.3 Å². The van der Waals surface area contributed by atoms with Crippen molar-refractivity contribution in [2.24, 2.45) is 5.10 Å². The van der Waals surface area contributed by atoms with Gasteiger partial charge in [-0.25, -0.2) is 10.2 Å². The molecule has 182 valence electrons. The monoisotopic (exact) mass is 540 g/mol. The highest BCUT2D eigenvalue weighted by Crippen LogP contribution is 2.28. The lowest BCUT2D eigenvalue weighted by Gasteiger charge is -2.10. The Balaban J connectivity index is 1.54. The molecule has 3 aromatic rings. The lowest BCUT2D eigenvalue weighted by Crippen LogP contribution is -2.24. The first-order chi connectivity index (χ1) is 17.0. The fourth-order valence-corrected chi connectivity index (χ4v) is 3.07. The van der Waals surface area contributed by atoms with Crippen LogP contribution < -0.4 is 24.4 Å². The Morgan fingerprint density at radius 3 is 2.31 bits per heavy atom. The number of ether oxygens (including phenoxy) is 4. The first-order valence-electron chi connectivity index (χ1n) is 10.8. The first-order valence-corrected chi connectivity index (χ1v) is 11.6. The fraction of sp³-hybridized carbons (Fsp3) is 0.192. The normalized spacial score (nSPS) is 10.6. The second-order valence-corrected chi connectivity index (χ2v) is 8.12. The van der Waals surface area contributed by atoms with Crippen LogP contribution in [0.4, 0.5) is 0 Å². The second-order valence-electron chi connectivity index (χ2n) is 7.21. The summed E-state index contributed by atoms with van der Waals surface area (Å²) >= 11 is 3.34. The Hall–Kier alpha value is -3.85. The van der Waals surface area contributed by atoms with Crippen molar-refractivity contribution >= 4 is 34.0 Å². The van der Waals surface area contributed by atoms with Crippen LogP contribution in [0.3, 0.4) is 0 Å². The number of rotatable bonds is 11. The van der Waals surface area contributed by atoms with Crippen molar-refractivity contribution in [3.05, 3.63) is 82.3 Å². The largest absolute Gasteiger partial charge is 0.494 e. The maximum atomic E-state index is 12.5. The van der Waals surface area contributed by atoms with Gasteiger partial charge in [0.15, 0.2) is 18.1 Å². The van der Waals surface area contributed by atoms with Gasteiger partial charge in [-0.05, 0) is 78.7 Å². The predicted molar refractivity (Wildman–Crippen MR) is 136 cm³/mol. The molecule has 0 spiro atoms. The van der Waals surface area contributed by atoms with Crippen LogP contribution in [0, 0.1) is 0 Å². The van der Waals surface area contributed by atoms with E-state index < -0.39 is 11.9 Å². The predicted octanol–water partition coefficient (Wildman–Crippen LogP) is 4.99. The van der Waals surface area contributed by atoms with Gasteiger partial charge in [-0.15, -0.1) is 0 Å². The van der Waals surface area contributed by atoms with E-state index in [4.69, 9.17) is 18.9 Å². The van der Waals surface area contributed by atoms with Crippen molar-refractivity contribution in [3.8, 4) is 23.0 Å². The van der Waals surface area contributed by atoms with Crippen molar-refractivity contribution in [2.75, 3.05) is 20.3 Å². The van der Waals surface area contributed by atoms with Gasteiger partial charge in [0.1, 0.15) is 11.5 Å². The number of hydrazone groups is 1. The van der Waals surface area contributed by atoms with Crippen LogP contribution in [0.1, 0.15) is 29.3 Å². The number of methoxy groups -OCH3 is 1. The average molecular weight is 541 g/mol. The molecule has 0 aliphatic heterocycles. The first kappa shape index (κ1) is 25.8. The van der Waals surface area contributed by atoms with Gasteiger partial charge < -0.3 is 18.9 Å². The summed E-state index contributed by atoms with van der Waals surface area (Å²) in [5.41, 5.74) is 3.41. The number of nitrogens with zero attached hydrogens (tertiary/aromatic N) is 1. The molecule has 0 atom stereocenters. The van der Waals surface area contributed by atoms with Gasteiger partial charge in [-0.2, -0.15) is 5.10 Å². The van der Waals surface area contributed by atoms with Crippen LogP contribution in [-0.2, 0) is 4.79 Å². The molecule has 0 bridgehead atoms. The molecule has 0 saturated carbocycles. The third kappa shape index (κ3) is 8.15. The zero-order valence-corrected chi connectivity index (χ0v) is 20.9. The van der Waals surface area contributed by atoms with Crippen molar-refractivity contribution in [2.45, 2.75) is 13.3 Å². The topological polar surface area (TPSA) is 95.5 Å². The molecular formula is C26H25BrN2O6. The lowest BCUT2D eigenvalue weighted by atomic mass is 10.2. The van der Waals surface area contributed by atoms with E-state index in [0.29, 0.717) is 35.0 Å². The molecule has 0 heterocycles. The number of carbonyl (C=O) groups excluding carboxylic acids is 2. The number of hydrogen-bond acceptors (Lipinski definition) is 7. The number of esters is 1. The van der Waals surface area contributed by atoms with Gasteiger partial charge in [0.05, 0.1) is 25.5 Å². The highest BCUT2D eigenvalue weighted by atomic mass is 79.9. The highest BCUT2D eigenvalue weighted by Gasteiger charge is 2.13. The van der Waals surface area contributed by atoms with Crippen LogP contribution in [0.2, 0.25) is 0 Å². The van der Waals surface area contributed by atoms with Crippen molar-refractivity contribution in [3.63, 3.8) is 0 Å². The van der Waals surface area contributed by atoms with E-state index in [9.17, 15) is 9.59 Å². The third-order valence-corrected chi connectivity index (χ3v) is 5.07. The van der Waals surface area contributed by atoms with Gasteiger partial charge in [-0.3, -0.25) is 4.79 Å². The average Bonchev–Trinajstić information content (AvgIpc) is 2.88. The molecule has 35 heavy (non-hydrogen) atoms. The van der Waals surface area contributed by atoms with Crippen LogP contribution >= 0.6 is 15.9 Å². The molecule has 1 amide bonds. The van der Waals surface area contributed by atoms with Crippen LogP contribution in [0.5, 0.6) is 23.0 Å². The van der Waals surface area contributed by atoms with Crippen LogP contribution in [0.25, 0.3) is 0 Å². The van der Waals surface area contributed by atoms with Crippen molar-refractivity contribution < 1.29 is 28.5 Å². The zero-order valence-electron chi connectivity index (χ0n) is 19.3. The van der Waals surface area contributed by atoms with Crippen LogP contribution in [0.15, 0.2) is 76.3 Å². The quantitative estimate of drug-likeness (QED) is 0.159. The van der Waals surface area contributed by atoms with Gasteiger partial charge in [0.2, 0.25) is 0 Å². The van der Waals surface area contributed by atoms with E-state index in [2.05, 4.69) is 26.5 Å². The second kappa shape index (κ2) is 13.1. The minimum atomic E-state index is -0.523. The van der Waals surface area contributed by atoms with E-state index in [1.54, 1.807) is 54.6 Å². The molecule has 8 nitrogen and oxygen atoms in total. The molecular weight excluding hydrogens is 516 g/mol. The minimum absolute atomic E-state index is 0.178. The summed E-state index contributed by atoms with van der Waals surface area (Å²) in [7, 11) is 1.47. The number of amides is 1. The Morgan fingerprint density at radius 1 is 0.943 bits per heavy atom. The Labute approximate surface area is 212 Å². The summed E-state index contributed by atoms with van der Waals surface area (Å²) in [6.07, 6.45) is 2.35. The number of halogens is 1. The Kier molecular flexibility index (Phi) is 9.68. The molecule has 0 unspecified atom stereocenters. The molecule has 3 rings (SSSR count). The minimum Gasteiger partial charge on any atom is -0.494 e. The van der Waals surface area contributed by atoms with Gasteiger partial charge in [-0.1, -0.05) is 22.9 Å². The summed E-state index contributed by atoms with van der Waals surface area (Å²) in [5, 5.41) is 3.92. The number of carbonyl (C=O) groups is 2. The summed E-state index contributed by atoms with van der Waals surface area (Å²) in [4.78, 5) is 24.4. The summed E-state index contributed by atoms with van der Waals surface area (Å²) in [5.74, 6) is 0.931. The molecule has 0 aromatic heterocycles. The SMILES string of the molecule is CCCOc1ccc(C(=O)Oc2ccc(/C=N/NC(=O)COc3ccc(Br)cc3)cc2OC)cc1. The number of benzene rings is 3. The van der Waals surface area contributed by atoms with Crippen molar-refractivity contribution in [1.29, 1.82) is 0 Å². The highest BCUT2D eigenvalue weighted by molar-refractivity contribution is 9.10. The summed E-state index contributed by atoms with van der Waals surface area (Å²) < 4.78 is 22.7. The maximum Gasteiger partial charge on any atom is 0.343 e. The molecule has 9 heteroatoms. The zero-order chi connectivity index (χ0) is 25.0. The Morgan fingerprint density at radius 2 is 1.63 bits per heavy atom. The van der Waals surface area contributed by atoms with E-state index in [-0.39, 0.29) is 12.4 Å². The lowest BCUT2D eigenvalue weighted by molar-refractivity contribution is -0.123. The summed E-state index contributed by atoms with van der Waals surface area (Å²) in [6.45, 7) is 2.46. The molecule has 0 aliphatic carbocycles. The van der Waals surface area contributed by atoms with Gasteiger partial charge in [0.25, 0.3) is 5.91 Å². The van der Waals surface area contributed by atoms with Crippen LogP contribution in [-0.4, -0.2) is 38.4 Å². The summed E-state index contributed by atoms with van der Waals surface area (Å²) in [6, 6.07) is 18.8. The maximum absolute atomic E-state index is 12.5. The molecule has 0 saturated heterocycles. The van der Waals surface area contributed by atoms with E-state index >= 15 is 0 Å². The fourth-order valence-electron chi connectivity index (χ4n) is 2.81. The number of nitrogens with one attached hydrogen (secondary N) is 1. The van der Waals surface area contributed by atoms with Gasteiger partial charge >= 0.3 is 5.97 Å². The van der Waals surface area contributed by atoms with E-state index in [1.807, 2.05) is 19.1 Å². The van der Waals surface area contributed by atoms with Crippen molar-refractivity contribution in [1.82, 2.24) is 5.43 Å². The molecule has 0 fully saturated rings. The van der Waals surface area contributed by atoms with E-state index in [0.717, 1.165) is 10.9 Å². The molecule has 0 radical (unpaired) electrons. The van der Waals surface area contributed by atoms with Gasteiger partial charge in [0, 0.05) is 4.47 Å². The smallest absolute Gasteiger partial charge is 0.343 e. The molecule has 3 aromatic carbocycles.